The van der Waals surface area contributed by atoms with Crippen molar-refractivity contribution < 1.29 is 27.2 Å². The molecule has 106 valence electrons. The van der Waals surface area contributed by atoms with Crippen LogP contribution >= 0.6 is 11.3 Å². The number of hydrogen-bond acceptors (Lipinski definition) is 4. The molecule has 0 aliphatic carbocycles. The van der Waals surface area contributed by atoms with E-state index in [2.05, 4.69) is 4.98 Å². The summed E-state index contributed by atoms with van der Waals surface area (Å²) in [5.74, 6) is -1.52. The van der Waals surface area contributed by atoms with E-state index >= 15 is 0 Å². The molecule has 1 aromatic heterocycles. The Hall–Kier alpha value is -2.09. The molecule has 8 heteroatoms. The maximum atomic E-state index is 12.8. The van der Waals surface area contributed by atoms with E-state index in [1.165, 1.54) is 11.3 Å². The zero-order valence-electron chi connectivity index (χ0n) is 9.73. The minimum atomic E-state index is -4.76. The number of alkyl halides is 3. The van der Waals surface area contributed by atoms with Crippen LogP contribution in [-0.4, -0.2) is 17.6 Å². The van der Waals surface area contributed by atoms with Crippen molar-refractivity contribution in [2.75, 3.05) is 0 Å². The maximum Gasteiger partial charge on any atom is 0.419 e. The van der Waals surface area contributed by atoms with Crippen molar-refractivity contribution >= 4 is 23.9 Å². The molecule has 2 rings (SSSR count). The molecule has 0 unspecified atom stereocenters. The fourth-order valence-electron chi connectivity index (χ4n) is 1.15. The number of halogens is 4. The molecule has 3 nitrogen and oxygen atoms in total. The molecule has 0 radical (unpaired) electrons. The molecular weight excluding hydrogens is 298 g/mol. The lowest BCUT2D eigenvalue weighted by molar-refractivity contribution is -0.140. The molecule has 1 aromatic carbocycles. The molecule has 0 atom stereocenters. The van der Waals surface area contributed by atoms with Crippen LogP contribution in [0.3, 0.4) is 0 Å². The molecule has 0 aliphatic rings. The van der Waals surface area contributed by atoms with Crippen LogP contribution in [0.15, 0.2) is 29.8 Å². The number of aldehydes is 2. The highest BCUT2D eigenvalue weighted by atomic mass is 32.1. The van der Waals surface area contributed by atoms with Gasteiger partial charge in [0.25, 0.3) is 0 Å². The molecule has 0 saturated carbocycles. The number of thiazole rings is 1. The number of hydrogen-bond donors (Lipinski definition) is 0. The summed E-state index contributed by atoms with van der Waals surface area (Å²) in [6.45, 7) is 0. The molecule has 1 heterocycles. The lowest BCUT2D eigenvalue weighted by atomic mass is 10.1. The summed E-state index contributed by atoms with van der Waals surface area (Å²) in [5, 5.41) is 2.31. The Kier molecular flexibility index (Phi) is 5.51. The Balaban J connectivity index is 0.000000240. The van der Waals surface area contributed by atoms with E-state index in [0.717, 1.165) is 18.4 Å². The van der Waals surface area contributed by atoms with Crippen molar-refractivity contribution in [3.8, 4) is 0 Å². The first-order chi connectivity index (χ1) is 9.40. The van der Waals surface area contributed by atoms with Crippen LogP contribution in [0.4, 0.5) is 17.6 Å². The first kappa shape index (κ1) is 16.0. The van der Waals surface area contributed by atoms with Crippen molar-refractivity contribution in [2.45, 2.75) is 6.18 Å². The fourth-order valence-corrected chi connectivity index (χ4v) is 1.59. The zero-order valence-corrected chi connectivity index (χ0v) is 10.5. The van der Waals surface area contributed by atoms with E-state index < -0.39 is 23.1 Å². The van der Waals surface area contributed by atoms with Crippen molar-refractivity contribution in [3.05, 3.63) is 51.7 Å². The number of nitrogens with zero attached hydrogens (tertiary/aromatic N) is 1. The molecule has 0 amide bonds. The van der Waals surface area contributed by atoms with Gasteiger partial charge in [-0.15, -0.1) is 11.3 Å². The Morgan fingerprint density at radius 1 is 1.15 bits per heavy atom. The molecule has 0 aliphatic heterocycles. The van der Waals surface area contributed by atoms with Crippen molar-refractivity contribution in [3.63, 3.8) is 0 Å². The van der Waals surface area contributed by atoms with Crippen LogP contribution in [0.5, 0.6) is 0 Å². The van der Waals surface area contributed by atoms with Crippen LogP contribution in [0.25, 0.3) is 0 Å². The molecule has 20 heavy (non-hydrogen) atoms. The lowest BCUT2D eigenvalue weighted by Gasteiger charge is -2.07. The zero-order chi connectivity index (χ0) is 15.2. The Morgan fingerprint density at radius 3 is 2.25 bits per heavy atom. The summed E-state index contributed by atoms with van der Waals surface area (Å²) in [4.78, 5) is 23.6. The molecule has 0 fully saturated rings. The van der Waals surface area contributed by atoms with Gasteiger partial charge in [-0.25, -0.2) is 9.37 Å². The van der Waals surface area contributed by atoms with Crippen LogP contribution in [-0.2, 0) is 6.18 Å². The van der Waals surface area contributed by atoms with E-state index in [1.54, 1.807) is 11.6 Å². The SMILES string of the molecule is O=Cc1cccc(C(F)(F)F)c1F.O=Cc1nccs1. The van der Waals surface area contributed by atoms with Gasteiger partial charge in [0, 0.05) is 11.6 Å². The first-order valence-corrected chi connectivity index (χ1v) is 5.93. The van der Waals surface area contributed by atoms with Gasteiger partial charge in [-0.05, 0) is 12.1 Å². The number of carbonyl (C=O) groups is 2. The summed E-state index contributed by atoms with van der Waals surface area (Å²) in [5.41, 5.74) is -2.01. The summed E-state index contributed by atoms with van der Waals surface area (Å²) < 4.78 is 48.8. The molecule has 0 spiro atoms. The molecular formula is C12H7F4NO2S. The standard InChI is InChI=1S/C8H4F4O.C4H3NOS/c9-7-5(4-13)2-1-3-6(7)8(10,11)12;6-3-4-5-1-2-7-4/h1-4H;1-3H. The van der Waals surface area contributed by atoms with Gasteiger partial charge in [0.05, 0.1) is 11.1 Å². The van der Waals surface area contributed by atoms with Crippen molar-refractivity contribution in [1.82, 2.24) is 4.98 Å². The summed E-state index contributed by atoms with van der Waals surface area (Å²) in [7, 11) is 0. The van der Waals surface area contributed by atoms with Crippen molar-refractivity contribution in [1.29, 1.82) is 0 Å². The second-order valence-corrected chi connectivity index (χ2v) is 4.24. The minimum Gasteiger partial charge on any atom is -0.298 e. The molecule has 2 aromatic rings. The van der Waals surface area contributed by atoms with Gasteiger partial charge < -0.3 is 0 Å². The van der Waals surface area contributed by atoms with Crippen LogP contribution in [0.1, 0.15) is 25.7 Å². The van der Waals surface area contributed by atoms with E-state index in [-0.39, 0.29) is 6.29 Å². The topological polar surface area (TPSA) is 47.0 Å². The van der Waals surface area contributed by atoms with Crippen LogP contribution in [0.2, 0.25) is 0 Å². The average Bonchev–Trinajstić information content (AvgIpc) is 2.91. The van der Waals surface area contributed by atoms with Gasteiger partial charge in [-0.3, -0.25) is 9.59 Å². The number of rotatable bonds is 2. The largest absolute Gasteiger partial charge is 0.419 e. The van der Waals surface area contributed by atoms with Gasteiger partial charge in [-0.1, -0.05) is 6.07 Å². The molecule has 0 N–H and O–H groups in total. The van der Waals surface area contributed by atoms with E-state index in [4.69, 9.17) is 0 Å². The van der Waals surface area contributed by atoms with E-state index in [9.17, 15) is 27.2 Å². The van der Waals surface area contributed by atoms with Gasteiger partial charge in [0.15, 0.2) is 17.6 Å². The number of benzene rings is 1. The van der Waals surface area contributed by atoms with Gasteiger partial charge in [0.1, 0.15) is 5.82 Å². The summed E-state index contributed by atoms with van der Waals surface area (Å²) in [6.07, 6.45) is -2.37. The first-order valence-electron chi connectivity index (χ1n) is 5.05. The maximum absolute atomic E-state index is 12.8. The summed E-state index contributed by atoms with van der Waals surface area (Å²) in [6, 6.07) is 2.55. The minimum absolute atomic E-state index is 0.0462. The lowest BCUT2D eigenvalue weighted by Crippen LogP contribution is -2.09. The van der Waals surface area contributed by atoms with E-state index in [1.807, 2.05) is 0 Å². The number of aromatic nitrogens is 1. The fraction of sp³-hybridized carbons (Fsp3) is 0.0833. The van der Waals surface area contributed by atoms with Crippen LogP contribution < -0.4 is 0 Å². The Bertz CT molecular complexity index is 582. The van der Waals surface area contributed by atoms with Gasteiger partial charge in [-0.2, -0.15) is 13.2 Å². The molecule has 0 bridgehead atoms. The van der Waals surface area contributed by atoms with Gasteiger partial charge >= 0.3 is 6.18 Å². The van der Waals surface area contributed by atoms with Gasteiger partial charge in [0.2, 0.25) is 0 Å². The number of carbonyl (C=O) groups excluding carboxylic acids is 2. The predicted molar refractivity (Wildman–Crippen MR) is 64.3 cm³/mol. The summed E-state index contributed by atoms with van der Waals surface area (Å²) >= 11 is 1.34. The molecule has 0 saturated heterocycles. The Morgan fingerprint density at radius 2 is 1.85 bits per heavy atom. The van der Waals surface area contributed by atoms with Crippen LogP contribution in [0, 0.1) is 5.82 Å². The second kappa shape index (κ2) is 6.90. The third-order valence-electron chi connectivity index (χ3n) is 2.01. The normalized spacial score (nSPS) is 10.4. The highest BCUT2D eigenvalue weighted by Gasteiger charge is 2.34. The average molecular weight is 305 g/mol. The quantitative estimate of drug-likeness (QED) is 0.629. The van der Waals surface area contributed by atoms with Crippen molar-refractivity contribution in [2.24, 2.45) is 0 Å². The monoisotopic (exact) mass is 305 g/mol. The highest BCUT2D eigenvalue weighted by molar-refractivity contribution is 7.11. The predicted octanol–water partition coefficient (Wildman–Crippen LogP) is 3.61. The third kappa shape index (κ3) is 4.23. The van der Waals surface area contributed by atoms with E-state index in [0.29, 0.717) is 11.1 Å². The second-order valence-electron chi connectivity index (χ2n) is 3.31. The highest BCUT2D eigenvalue weighted by Crippen LogP contribution is 2.31. The third-order valence-corrected chi connectivity index (χ3v) is 2.71. The smallest absolute Gasteiger partial charge is 0.298 e. The Labute approximate surface area is 114 Å².